The summed E-state index contributed by atoms with van der Waals surface area (Å²) in [6.07, 6.45) is 6.10. The molecule has 1 saturated carbocycles. The number of nitrogens with zero attached hydrogens (tertiary/aromatic N) is 8. The molecule has 0 radical (unpaired) electrons. The van der Waals surface area contributed by atoms with E-state index in [4.69, 9.17) is 15.6 Å². The van der Waals surface area contributed by atoms with Gasteiger partial charge in [0.05, 0.1) is 22.6 Å². The van der Waals surface area contributed by atoms with Gasteiger partial charge in [-0.3, -0.25) is 39.2 Å². The van der Waals surface area contributed by atoms with E-state index in [1.807, 2.05) is 66.7 Å². The minimum atomic E-state index is -0.959. The van der Waals surface area contributed by atoms with Crippen LogP contribution in [-0.4, -0.2) is 115 Å². The molecule has 2 unspecified atom stereocenters. The molecule has 4 atom stereocenters. The molecule has 5 aromatic rings. The van der Waals surface area contributed by atoms with Crippen LogP contribution in [0, 0.1) is 11.8 Å². The number of piperidine rings is 2. The van der Waals surface area contributed by atoms with Crippen molar-refractivity contribution >= 4 is 46.2 Å². The molecule has 3 N–H and O–H groups in total. The van der Waals surface area contributed by atoms with E-state index in [2.05, 4.69) is 34.7 Å². The Kier molecular flexibility index (Phi) is 8.92. The first kappa shape index (κ1) is 36.9. The van der Waals surface area contributed by atoms with Crippen LogP contribution in [0.3, 0.4) is 0 Å². The third-order valence-corrected chi connectivity index (χ3v) is 13.9. The van der Waals surface area contributed by atoms with Crippen molar-refractivity contribution in [1.29, 1.82) is 0 Å². The Hall–Kier alpha value is -6.19. The van der Waals surface area contributed by atoms with E-state index in [1.54, 1.807) is 6.07 Å². The molecule has 306 valence electrons. The molecule has 7 heterocycles. The SMILES string of the molecule is Nc1ncnc2c1c(-c1ccc(Oc3ccccc3)cc1)nn2C1CCN(C2CN(C3C[C@@H]4CN(c5ccc6c(c5)C(=O)N(C5CCC(=O)NC5=O)C6=O)C[C@@H]4C3)C2)CC1. The van der Waals surface area contributed by atoms with Gasteiger partial charge in [0.1, 0.15) is 35.4 Å². The van der Waals surface area contributed by atoms with Crippen molar-refractivity contribution in [1.82, 2.24) is 39.8 Å². The number of nitrogen functional groups attached to an aromatic ring is 1. The number of amides is 4. The zero-order chi connectivity index (χ0) is 40.6. The van der Waals surface area contributed by atoms with Crippen molar-refractivity contribution in [2.45, 2.75) is 62.7 Å². The third-order valence-electron chi connectivity index (χ3n) is 13.9. The fraction of sp³-hybridized carbons (Fsp3) is 0.400. The maximum Gasteiger partial charge on any atom is 0.262 e. The van der Waals surface area contributed by atoms with Gasteiger partial charge in [0, 0.05) is 69.0 Å². The van der Waals surface area contributed by atoms with Gasteiger partial charge in [-0.25, -0.2) is 14.6 Å². The molecule has 4 amide bonds. The summed E-state index contributed by atoms with van der Waals surface area (Å²) in [5.41, 5.74) is 10.6. The van der Waals surface area contributed by atoms with Crippen molar-refractivity contribution in [3.8, 4) is 22.8 Å². The van der Waals surface area contributed by atoms with Crippen LogP contribution in [0.1, 0.15) is 65.3 Å². The minimum absolute atomic E-state index is 0.104. The van der Waals surface area contributed by atoms with Crippen LogP contribution in [0.4, 0.5) is 11.5 Å². The average Bonchev–Trinajstić information content (AvgIpc) is 3.99. The number of aromatic nitrogens is 4. The number of nitrogens with one attached hydrogen (secondary N) is 1. The number of hydrogen-bond donors (Lipinski definition) is 2. The predicted molar refractivity (Wildman–Crippen MR) is 222 cm³/mol. The zero-order valence-electron chi connectivity index (χ0n) is 33.2. The molecule has 0 spiro atoms. The summed E-state index contributed by atoms with van der Waals surface area (Å²) >= 11 is 0. The number of para-hydroxylation sites is 1. The molecular formula is C45H46N10O5. The molecular weight excluding hydrogens is 761 g/mol. The van der Waals surface area contributed by atoms with Crippen molar-refractivity contribution < 1.29 is 23.9 Å². The topological polar surface area (TPSA) is 172 Å². The van der Waals surface area contributed by atoms with Crippen LogP contribution in [0.5, 0.6) is 11.5 Å². The molecule has 3 aromatic carbocycles. The summed E-state index contributed by atoms with van der Waals surface area (Å²) < 4.78 is 8.10. The number of carbonyl (C=O) groups is 4. The standard InChI is InChI=1S/C45H46N10O5/c46-41-39-40(26-6-9-34(10-7-26)60-33-4-2-1-3-5-33)50-55(42(39)48-25-47-41)29-14-16-51(17-15-29)32-23-53(24-32)31-18-27-21-52(22-28(27)19-31)30-8-11-35-36(20-30)45(59)54(44(35)58)37-12-13-38(56)49-43(37)57/h1-11,20,25,27-29,31-32,37H,12-19,21-24H2,(H2,46,47,48)(H,49,56,57)/t27-,28+,31?,37?. The Labute approximate surface area is 346 Å². The Morgan fingerprint density at radius 2 is 1.43 bits per heavy atom. The van der Waals surface area contributed by atoms with E-state index >= 15 is 0 Å². The fourth-order valence-corrected chi connectivity index (χ4v) is 10.7. The van der Waals surface area contributed by atoms with Gasteiger partial charge in [-0.05, 0) is 98.5 Å². The van der Waals surface area contributed by atoms with Gasteiger partial charge in [-0.2, -0.15) is 5.10 Å². The highest BCUT2D eigenvalue weighted by Crippen LogP contribution is 2.44. The summed E-state index contributed by atoms with van der Waals surface area (Å²) in [6, 6.07) is 23.5. The highest BCUT2D eigenvalue weighted by Gasteiger charge is 2.48. The second-order valence-corrected chi connectivity index (χ2v) is 17.3. The van der Waals surface area contributed by atoms with E-state index in [1.165, 1.54) is 19.2 Å². The molecule has 5 fully saturated rings. The number of carbonyl (C=O) groups excluding carboxylic acids is 4. The number of likely N-dealkylation sites (tertiary alicyclic amines) is 2. The monoisotopic (exact) mass is 806 g/mol. The lowest BCUT2D eigenvalue weighted by Crippen LogP contribution is -2.63. The number of benzene rings is 3. The van der Waals surface area contributed by atoms with Crippen LogP contribution in [-0.2, 0) is 9.59 Å². The number of imide groups is 2. The Bertz CT molecular complexity index is 2520. The molecule has 5 aliphatic heterocycles. The maximum atomic E-state index is 13.4. The van der Waals surface area contributed by atoms with E-state index < -0.39 is 23.8 Å². The average molecular weight is 807 g/mol. The van der Waals surface area contributed by atoms with Gasteiger partial charge < -0.3 is 15.4 Å². The van der Waals surface area contributed by atoms with E-state index in [9.17, 15) is 19.2 Å². The van der Waals surface area contributed by atoms with Crippen LogP contribution in [0.15, 0.2) is 79.1 Å². The molecule has 6 aliphatic rings. The predicted octanol–water partition coefficient (Wildman–Crippen LogP) is 4.51. The van der Waals surface area contributed by atoms with E-state index in [-0.39, 0.29) is 24.8 Å². The Morgan fingerprint density at radius 3 is 2.17 bits per heavy atom. The summed E-state index contributed by atoms with van der Waals surface area (Å²) in [5.74, 6) is 1.23. The lowest BCUT2D eigenvalue weighted by atomic mass is 9.97. The second kappa shape index (κ2) is 14.5. The number of nitrogens with two attached hydrogens (primary N) is 1. The molecule has 1 aliphatic carbocycles. The maximum absolute atomic E-state index is 13.4. The first-order valence-corrected chi connectivity index (χ1v) is 21.2. The summed E-state index contributed by atoms with van der Waals surface area (Å²) in [4.78, 5) is 68.5. The molecule has 15 nitrogen and oxygen atoms in total. The highest BCUT2D eigenvalue weighted by atomic mass is 16.5. The molecule has 4 saturated heterocycles. The van der Waals surface area contributed by atoms with Gasteiger partial charge >= 0.3 is 0 Å². The molecule has 11 rings (SSSR count). The lowest BCUT2D eigenvalue weighted by molar-refractivity contribution is -0.136. The van der Waals surface area contributed by atoms with Gasteiger partial charge in [0.25, 0.3) is 11.8 Å². The molecule has 0 bridgehead atoms. The van der Waals surface area contributed by atoms with Crippen LogP contribution in [0.2, 0.25) is 0 Å². The van der Waals surface area contributed by atoms with E-state index in [0.29, 0.717) is 40.9 Å². The van der Waals surface area contributed by atoms with Gasteiger partial charge in [0.15, 0.2) is 5.65 Å². The highest BCUT2D eigenvalue weighted by molar-refractivity contribution is 6.23. The first-order chi connectivity index (χ1) is 29.3. The van der Waals surface area contributed by atoms with Gasteiger partial charge in [-0.15, -0.1) is 0 Å². The van der Waals surface area contributed by atoms with Crippen molar-refractivity contribution in [3.63, 3.8) is 0 Å². The molecule has 60 heavy (non-hydrogen) atoms. The quantitative estimate of drug-likeness (QED) is 0.211. The molecule has 15 heteroatoms. The van der Waals surface area contributed by atoms with Crippen molar-refractivity contribution in [2.75, 3.05) is 49.9 Å². The fourth-order valence-electron chi connectivity index (χ4n) is 10.7. The number of ether oxygens (including phenoxy) is 1. The summed E-state index contributed by atoms with van der Waals surface area (Å²) in [5, 5.41) is 8.19. The zero-order valence-corrected chi connectivity index (χ0v) is 33.2. The summed E-state index contributed by atoms with van der Waals surface area (Å²) in [6.45, 7) is 6.08. The lowest BCUT2D eigenvalue weighted by Gasteiger charge is -2.50. The summed E-state index contributed by atoms with van der Waals surface area (Å²) in [7, 11) is 0. The number of fused-ring (bicyclic) bond motifs is 3. The van der Waals surface area contributed by atoms with Crippen LogP contribution >= 0.6 is 0 Å². The number of hydrogen-bond acceptors (Lipinski definition) is 12. The van der Waals surface area contributed by atoms with E-state index in [0.717, 1.165) is 96.5 Å². The van der Waals surface area contributed by atoms with Crippen molar-refractivity contribution in [3.05, 3.63) is 90.3 Å². The van der Waals surface area contributed by atoms with Gasteiger partial charge in [-0.1, -0.05) is 18.2 Å². The smallest absolute Gasteiger partial charge is 0.262 e. The minimum Gasteiger partial charge on any atom is -0.457 e. The largest absolute Gasteiger partial charge is 0.457 e. The Morgan fingerprint density at radius 1 is 0.717 bits per heavy atom. The molecule has 2 aromatic heterocycles. The Balaban J connectivity index is 0.684. The number of rotatable bonds is 8. The van der Waals surface area contributed by atoms with Gasteiger partial charge in [0.2, 0.25) is 11.8 Å². The van der Waals surface area contributed by atoms with Crippen LogP contribution < -0.4 is 20.7 Å². The third kappa shape index (κ3) is 6.29. The van der Waals surface area contributed by atoms with Crippen LogP contribution in [0.25, 0.3) is 22.3 Å². The second-order valence-electron chi connectivity index (χ2n) is 17.3. The normalized spacial score (nSPS) is 25.2. The first-order valence-electron chi connectivity index (χ1n) is 21.2. The number of anilines is 2. The van der Waals surface area contributed by atoms with Crippen molar-refractivity contribution in [2.24, 2.45) is 11.8 Å².